The summed E-state index contributed by atoms with van der Waals surface area (Å²) in [7, 11) is 2.16. The van der Waals surface area contributed by atoms with E-state index in [1.807, 2.05) is 0 Å². The number of ether oxygens (including phenoxy) is 1. The van der Waals surface area contributed by atoms with Gasteiger partial charge in [0, 0.05) is 42.8 Å². The van der Waals surface area contributed by atoms with Crippen LogP contribution < -0.4 is 5.32 Å². The van der Waals surface area contributed by atoms with Crippen LogP contribution in [-0.2, 0) is 18.3 Å². The first kappa shape index (κ1) is 13.7. The van der Waals surface area contributed by atoms with Gasteiger partial charge in [0.15, 0.2) is 0 Å². The summed E-state index contributed by atoms with van der Waals surface area (Å²) < 4.78 is 7.93. The lowest BCUT2D eigenvalue weighted by atomic mass is 9.89. The lowest BCUT2D eigenvalue weighted by Crippen LogP contribution is -2.45. The quantitative estimate of drug-likeness (QED) is 0.905. The molecule has 0 amide bonds. The fourth-order valence-electron chi connectivity index (χ4n) is 3.23. The maximum Gasteiger partial charge on any atom is 0.0604 e. The number of rotatable bonds is 5. The second-order valence-corrected chi connectivity index (χ2v) is 5.77. The van der Waals surface area contributed by atoms with Crippen LogP contribution in [0.3, 0.4) is 0 Å². The van der Waals surface area contributed by atoms with E-state index in [0.29, 0.717) is 12.1 Å². The van der Waals surface area contributed by atoms with Gasteiger partial charge in [-0.1, -0.05) is 18.2 Å². The van der Waals surface area contributed by atoms with Gasteiger partial charge < -0.3 is 14.6 Å². The topological polar surface area (TPSA) is 26.2 Å². The summed E-state index contributed by atoms with van der Waals surface area (Å²) >= 11 is 0. The fourth-order valence-corrected chi connectivity index (χ4v) is 3.23. The van der Waals surface area contributed by atoms with Crippen molar-refractivity contribution in [2.45, 2.75) is 45.4 Å². The van der Waals surface area contributed by atoms with E-state index in [0.717, 1.165) is 26.0 Å². The van der Waals surface area contributed by atoms with Crippen LogP contribution in [0.2, 0.25) is 0 Å². The lowest BCUT2D eigenvalue weighted by Gasteiger charge is -2.35. The highest BCUT2D eigenvalue weighted by Gasteiger charge is 2.29. The first-order valence-electron chi connectivity index (χ1n) is 7.58. The van der Waals surface area contributed by atoms with Gasteiger partial charge >= 0.3 is 0 Å². The number of benzene rings is 1. The van der Waals surface area contributed by atoms with E-state index in [-0.39, 0.29) is 0 Å². The molecule has 1 saturated carbocycles. The third-order valence-electron chi connectivity index (χ3n) is 4.56. The fraction of sp³-hybridized carbons (Fsp3) is 0.529. The van der Waals surface area contributed by atoms with E-state index in [4.69, 9.17) is 4.74 Å². The third-order valence-corrected chi connectivity index (χ3v) is 4.56. The Morgan fingerprint density at radius 1 is 1.30 bits per heavy atom. The maximum absolute atomic E-state index is 5.61. The standard InChI is InChI=1S/C17H24N2O/c1-4-20-14-9-13(10-14)18-11-17-12(2)15-7-5-6-8-16(15)19(17)3/h5-8,13-14,18H,4,9-11H2,1-3H3. The molecule has 1 aliphatic carbocycles. The van der Waals surface area contributed by atoms with E-state index in [9.17, 15) is 0 Å². The van der Waals surface area contributed by atoms with Gasteiger partial charge in [-0.2, -0.15) is 0 Å². The molecule has 108 valence electrons. The van der Waals surface area contributed by atoms with E-state index in [1.165, 1.54) is 22.2 Å². The number of aromatic nitrogens is 1. The van der Waals surface area contributed by atoms with Gasteiger partial charge in [0.05, 0.1) is 6.10 Å². The van der Waals surface area contributed by atoms with Crippen molar-refractivity contribution in [1.29, 1.82) is 0 Å². The zero-order chi connectivity index (χ0) is 14.1. The number of aryl methyl sites for hydroxylation is 2. The van der Waals surface area contributed by atoms with Gasteiger partial charge in [-0.3, -0.25) is 0 Å². The molecule has 3 rings (SSSR count). The number of nitrogens with one attached hydrogen (secondary N) is 1. The Balaban J connectivity index is 1.67. The Morgan fingerprint density at radius 3 is 2.75 bits per heavy atom. The maximum atomic E-state index is 5.61. The molecule has 0 bridgehead atoms. The van der Waals surface area contributed by atoms with Gasteiger partial charge in [-0.05, 0) is 38.3 Å². The minimum atomic E-state index is 0.478. The van der Waals surface area contributed by atoms with Crippen LogP contribution in [0.4, 0.5) is 0 Å². The highest BCUT2D eigenvalue weighted by Crippen LogP contribution is 2.26. The molecule has 20 heavy (non-hydrogen) atoms. The Kier molecular flexibility index (Phi) is 3.81. The Labute approximate surface area is 120 Å². The van der Waals surface area contributed by atoms with Crippen molar-refractivity contribution in [2.24, 2.45) is 7.05 Å². The van der Waals surface area contributed by atoms with Crippen LogP contribution >= 0.6 is 0 Å². The van der Waals surface area contributed by atoms with Crippen molar-refractivity contribution >= 4 is 10.9 Å². The van der Waals surface area contributed by atoms with E-state index in [1.54, 1.807) is 0 Å². The molecule has 1 N–H and O–H groups in total. The number of hydrogen-bond donors (Lipinski definition) is 1. The Hall–Kier alpha value is -1.32. The second-order valence-electron chi connectivity index (χ2n) is 5.77. The summed E-state index contributed by atoms with van der Waals surface area (Å²) in [5, 5.41) is 5.03. The van der Waals surface area contributed by atoms with E-state index in [2.05, 4.69) is 55.0 Å². The van der Waals surface area contributed by atoms with Gasteiger partial charge in [0.25, 0.3) is 0 Å². The van der Waals surface area contributed by atoms with Crippen molar-refractivity contribution in [3.8, 4) is 0 Å². The summed E-state index contributed by atoms with van der Waals surface area (Å²) in [5.74, 6) is 0. The van der Waals surface area contributed by atoms with Crippen molar-refractivity contribution in [3.63, 3.8) is 0 Å². The highest BCUT2D eigenvalue weighted by atomic mass is 16.5. The first-order chi connectivity index (χ1) is 9.70. The molecule has 0 spiro atoms. The highest BCUT2D eigenvalue weighted by molar-refractivity contribution is 5.85. The van der Waals surface area contributed by atoms with Gasteiger partial charge in [-0.15, -0.1) is 0 Å². The predicted octanol–water partition coefficient (Wildman–Crippen LogP) is 3.14. The minimum absolute atomic E-state index is 0.478. The summed E-state index contributed by atoms with van der Waals surface area (Å²) in [6.45, 7) is 6.07. The van der Waals surface area contributed by atoms with Crippen molar-refractivity contribution in [1.82, 2.24) is 9.88 Å². The third kappa shape index (κ3) is 2.36. The van der Waals surface area contributed by atoms with Gasteiger partial charge in [0.1, 0.15) is 0 Å². The summed E-state index contributed by atoms with van der Waals surface area (Å²) in [6.07, 6.45) is 2.78. The number of nitrogens with zero attached hydrogens (tertiary/aromatic N) is 1. The smallest absolute Gasteiger partial charge is 0.0604 e. The molecule has 2 aromatic rings. The lowest BCUT2D eigenvalue weighted by molar-refractivity contribution is -0.0103. The van der Waals surface area contributed by atoms with E-state index < -0.39 is 0 Å². The summed E-state index contributed by atoms with van der Waals surface area (Å²) in [6, 6.07) is 9.25. The molecule has 1 heterocycles. The largest absolute Gasteiger partial charge is 0.378 e. The van der Waals surface area contributed by atoms with Crippen molar-refractivity contribution in [3.05, 3.63) is 35.5 Å². The molecular formula is C17H24N2O. The zero-order valence-electron chi connectivity index (χ0n) is 12.6. The van der Waals surface area contributed by atoms with Crippen LogP contribution in [-0.4, -0.2) is 23.3 Å². The SMILES string of the molecule is CCOC1CC(NCc2c(C)c3ccccc3n2C)C1. The number of hydrogen-bond acceptors (Lipinski definition) is 2. The van der Waals surface area contributed by atoms with Crippen LogP contribution in [0.15, 0.2) is 24.3 Å². The van der Waals surface area contributed by atoms with Gasteiger partial charge in [0.2, 0.25) is 0 Å². The van der Waals surface area contributed by atoms with Crippen LogP contribution in [0.5, 0.6) is 0 Å². The van der Waals surface area contributed by atoms with Crippen molar-refractivity contribution in [2.75, 3.05) is 6.61 Å². The van der Waals surface area contributed by atoms with E-state index >= 15 is 0 Å². The van der Waals surface area contributed by atoms with Crippen LogP contribution in [0.1, 0.15) is 31.0 Å². The molecule has 0 atom stereocenters. The Morgan fingerprint density at radius 2 is 2.05 bits per heavy atom. The predicted molar refractivity (Wildman–Crippen MR) is 82.9 cm³/mol. The van der Waals surface area contributed by atoms with Gasteiger partial charge in [-0.25, -0.2) is 0 Å². The molecular weight excluding hydrogens is 248 g/mol. The summed E-state index contributed by atoms with van der Waals surface area (Å²) in [5.41, 5.74) is 4.12. The molecule has 0 saturated heterocycles. The molecule has 1 aromatic heterocycles. The zero-order valence-corrected chi connectivity index (χ0v) is 12.6. The average molecular weight is 272 g/mol. The summed E-state index contributed by atoms with van der Waals surface area (Å²) in [4.78, 5) is 0. The average Bonchev–Trinajstić information content (AvgIpc) is 2.66. The monoisotopic (exact) mass is 272 g/mol. The molecule has 1 fully saturated rings. The molecule has 0 radical (unpaired) electrons. The van der Waals surface area contributed by atoms with Crippen molar-refractivity contribution < 1.29 is 4.74 Å². The number of fused-ring (bicyclic) bond motifs is 1. The first-order valence-corrected chi connectivity index (χ1v) is 7.58. The second kappa shape index (κ2) is 5.58. The normalized spacial score (nSPS) is 22.1. The Bertz CT molecular complexity index is 557. The van der Waals surface area contributed by atoms with Crippen LogP contribution in [0.25, 0.3) is 10.9 Å². The minimum Gasteiger partial charge on any atom is -0.378 e. The molecule has 3 heteroatoms. The molecule has 0 unspecified atom stereocenters. The molecule has 1 aliphatic rings. The molecule has 1 aromatic carbocycles. The molecule has 0 aliphatic heterocycles. The number of para-hydroxylation sites is 1. The molecule has 3 nitrogen and oxygen atoms in total. The van der Waals surface area contributed by atoms with Crippen LogP contribution in [0, 0.1) is 6.92 Å².